The van der Waals surface area contributed by atoms with Gasteiger partial charge in [0.1, 0.15) is 0 Å². The van der Waals surface area contributed by atoms with Crippen LogP contribution in [0.25, 0.3) is 0 Å². The van der Waals surface area contributed by atoms with Crippen LogP contribution in [0.4, 0.5) is 5.69 Å². The van der Waals surface area contributed by atoms with Gasteiger partial charge in [0.25, 0.3) is 5.91 Å². The number of carbonyl (C=O) groups is 2. The third-order valence-corrected chi connectivity index (χ3v) is 3.77. The molecule has 1 fully saturated rings. The highest BCUT2D eigenvalue weighted by molar-refractivity contribution is 5.97. The van der Waals surface area contributed by atoms with Gasteiger partial charge in [0.2, 0.25) is 5.91 Å². The maximum absolute atomic E-state index is 12.2. The van der Waals surface area contributed by atoms with Gasteiger partial charge >= 0.3 is 0 Å². The van der Waals surface area contributed by atoms with E-state index >= 15 is 0 Å². The molecule has 2 rings (SSSR count). The lowest BCUT2D eigenvalue weighted by Crippen LogP contribution is -2.31. The zero-order valence-electron chi connectivity index (χ0n) is 13.3. The first-order valence-electron chi connectivity index (χ1n) is 7.90. The van der Waals surface area contributed by atoms with Gasteiger partial charge in [-0.15, -0.1) is 0 Å². The number of aryl methyl sites for hydroxylation is 1. The number of nitrogens with one attached hydrogen (secondary N) is 2. The smallest absolute Gasteiger partial charge is 0.251 e. The van der Waals surface area contributed by atoms with E-state index in [0.717, 1.165) is 31.4 Å². The Morgan fingerprint density at radius 3 is 2.86 bits per heavy atom. The fraction of sp³-hybridized carbons (Fsp3) is 0.529. The van der Waals surface area contributed by atoms with Gasteiger partial charge in [-0.1, -0.05) is 13.0 Å². The summed E-state index contributed by atoms with van der Waals surface area (Å²) in [4.78, 5) is 23.9. The fourth-order valence-electron chi connectivity index (χ4n) is 2.45. The molecule has 5 heteroatoms. The average molecular weight is 304 g/mol. The molecule has 1 saturated heterocycles. The first-order chi connectivity index (χ1) is 10.6. The first kappa shape index (κ1) is 16.5. The molecule has 1 aliphatic heterocycles. The molecule has 0 radical (unpaired) electrons. The molecule has 1 aromatic rings. The summed E-state index contributed by atoms with van der Waals surface area (Å²) in [6, 6.07) is 5.35. The van der Waals surface area contributed by atoms with Crippen LogP contribution in [-0.4, -0.2) is 31.1 Å². The fourth-order valence-corrected chi connectivity index (χ4v) is 2.45. The van der Waals surface area contributed by atoms with Gasteiger partial charge in [-0.3, -0.25) is 9.59 Å². The third-order valence-electron chi connectivity index (χ3n) is 3.77. The third kappa shape index (κ3) is 4.56. The van der Waals surface area contributed by atoms with E-state index in [9.17, 15) is 9.59 Å². The Bertz CT molecular complexity index is 537. The van der Waals surface area contributed by atoms with Crippen LogP contribution < -0.4 is 10.6 Å². The zero-order chi connectivity index (χ0) is 15.9. The van der Waals surface area contributed by atoms with E-state index in [2.05, 4.69) is 10.6 Å². The number of hydrogen-bond donors (Lipinski definition) is 2. The Morgan fingerprint density at radius 1 is 1.36 bits per heavy atom. The molecule has 5 nitrogen and oxygen atoms in total. The Hall–Kier alpha value is -1.88. The minimum absolute atomic E-state index is 0.0255. The Morgan fingerprint density at radius 2 is 2.18 bits per heavy atom. The SMILES string of the molecule is CCCC(=O)Nc1cc(C(=O)NC[C@H]2CCCO2)ccc1C. The maximum atomic E-state index is 12.2. The van der Waals surface area contributed by atoms with Gasteiger partial charge in [-0.2, -0.15) is 0 Å². The summed E-state index contributed by atoms with van der Waals surface area (Å²) in [6.07, 6.45) is 3.45. The van der Waals surface area contributed by atoms with Gasteiger partial charge in [0, 0.05) is 30.8 Å². The quantitative estimate of drug-likeness (QED) is 0.849. The number of amides is 2. The molecular weight excluding hydrogens is 280 g/mol. The molecule has 2 amide bonds. The van der Waals surface area contributed by atoms with Crippen molar-refractivity contribution in [2.24, 2.45) is 0 Å². The zero-order valence-corrected chi connectivity index (χ0v) is 13.3. The normalized spacial score (nSPS) is 17.3. The molecule has 1 aromatic carbocycles. The van der Waals surface area contributed by atoms with Gasteiger partial charge in [-0.25, -0.2) is 0 Å². The molecule has 1 heterocycles. The number of anilines is 1. The van der Waals surface area contributed by atoms with E-state index in [4.69, 9.17) is 4.74 Å². The van der Waals surface area contributed by atoms with E-state index in [-0.39, 0.29) is 17.9 Å². The highest BCUT2D eigenvalue weighted by Crippen LogP contribution is 2.18. The molecule has 2 N–H and O–H groups in total. The monoisotopic (exact) mass is 304 g/mol. The summed E-state index contributed by atoms with van der Waals surface area (Å²) in [7, 11) is 0. The van der Waals surface area contributed by atoms with Crippen molar-refractivity contribution < 1.29 is 14.3 Å². The van der Waals surface area contributed by atoms with E-state index in [1.165, 1.54) is 0 Å². The number of rotatable bonds is 6. The van der Waals surface area contributed by atoms with Crippen LogP contribution in [0.1, 0.15) is 48.5 Å². The number of ether oxygens (including phenoxy) is 1. The Kier molecular flexibility index (Phi) is 5.95. The lowest BCUT2D eigenvalue weighted by atomic mass is 10.1. The van der Waals surface area contributed by atoms with E-state index < -0.39 is 0 Å². The molecule has 120 valence electrons. The van der Waals surface area contributed by atoms with Crippen molar-refractivity contribution in [3.63, 3.8) is 0 Å². The average Bonchev–Trinajstić information content (AvgIpc) is 3.00. The standard InChI is InChI=1S/C17H24N2O3/c1-3-5-16(20)19-15-10-13(8-7-12(15)2)17(21)18-11-14-6-4-9-22-14/h7-8,10,14H,3-6,9,11H2,1-2H3,(H,18,21)(H,19,20)/t14-/m1/s1. The van der Waals surface area contributed by atoms with Crippen molar-refractivity contribution in [2.45, 2.75) is 45.6 Å². The van der Waals surface area contributed by atoms with Crippen LogP contribution in [0.15, 0.2) is 18.2 Å². The molecule has 0 aromatic heterocycles. The summed E-state index contributed by atoms with van der Waals surface area (Å²) in [6.45, 7) is 5.18. The van der Waals surface area contributed by atoms with Crippen molar-refractivity contribution in [1.29, 1.82) is 0 Å². The largest absolute Gasteiger partial charge is 0.376 e. The Balaban J connectivity index is 1.97. The molecule has 0 bridgehead atoms. The maximum Gasteiger partial charge on any atom is 0.251 e. The topological polar surface area (TPSA) is 67.4 Å². The van der Waals surface area contributed by atoms with Gasteiger partial charge < -0.3 is 15.4 Å². The number of carbonyl (C=O) groups excluding carboxylic acids is 2. The number of hydrogen-bond acceptors (Lipinski definition) is 3. The summed E-state index contributed by atoms with van der Waals surface area (Å²) in [5.41, 5.74) is 2.19. The van der Waals surface area contributed by atoms with Crippen LogP contribution in [0.5, 0.6) is 0 Å². The van der Waals surface area contributed by atoms with Crippen LogP contribution in [0.3, 0.4) is 0 Å². The molecule has 0 spiro atoms. The van der Waals surface area contributed by atoms with Crippen LogP contribution in [0.2, 0.25) is 0 Å². The van der Waals surface area contributed by atoms with E-state index in [1.807, 2.05) is 19.9 Å². The molecular formula is C17H24N2O3. The highest BCUT2D eigenvalue weighted by atomic mass is 16.5. The molecule has 22 heavy (non-hydrogen) atoms. The summed E-state index contributed by atoms with van der Waals surface area (Å²) >= 11 is 0. The summed E-state index contributed by atoms with van der Waals surface area (Å²) in [5, 5.41) is 5.75. The Labute approximate surface area is 131 Å². The van der Waals surface area contributed by atoms with E-state index in [0.29, 0.717) is 24.2 Å². The van der Waals surface area contributed by atoms with Gasteiger partial charge in [0.15, 0.2) is 0 Å². The minimum Gasteiger partial charge on any atom is -0.376 e. The lowest BCUT2D eigenvalue weighted by molar-refractivity contribution is -0.116. The van der Waals surface area contributed by atoms with Crippen LogP contribution >= 0.6 is 0 Å². The van der Waals surface area contributed by atoms with Gasteiger partial charge in [-0.05, 0) is 43.9 Å². The molecule has 0 unspecified atom stereocenters. The van der Waals surface area contributed by atoms with E-state index in [1.54, 1.807) is 12.1 Å². The van der Waals surface area contributed by atoms with Crippen molar-refractivity contribution >= 4 is 17.5 Å². The minimum atomic E-state index is -0.138. The second-order valence-corrected chi connectivity index (χ2v) is 5.67. The van der Waals surface area contributed by atoms with Crippen molar-refractivity contribution in [1.82, 2.24) is 5.32 Å². The van der Waals surface area contributed by atoms with Crippen LogP contribution in [-0.2, 0) is 9.53 Å². The molecule has 1 atom stereocenters. The van der Waals surface area contributed by atoms with Crippen LogP contribution in [0, 0.1) is 6.92 Å². The van der Waals surface area contributed by atoms with Crippen molar-refractivity contribution in [3.05, 3.63) is 29.3 Å². The predicted molar refractivity (Wildman–Crippen MR) is 86.0 cm³/mol. The summed E-state index contributed by atoms with van der Waals surface area (Å²) < 4.78 is 5.49. The van der Waals surface area contributed by atoms with Gasteiger partial charge in [0.05, 0.1) is 6.10 Å². The molecule has 0 saturated carbocycles. The second kappa shape index (κ2) is 7.94. The first-order valence-corrected chi connectivity index (χ1v) is 7.90. The second-order valence-electron chi connectivity index (χ2n) is 5.67. The predicted octanol–water partition coefficient (Wildman–Crippen LogP) is 2.64. The number of benzene rings is 1. The van der Waals surface area contributed by atoms with Crippen molar-refractivity contribution in [3.8, 4) is 0 Å². The highest BCUT2D eigenvalue weighted by Gasteiger charge is 2.17. The lowest BCUT2D eigenvalue weighted by Gasteiger charge is -2.13. The molecule has 1 aliphatic rings. The van der Waals surface area contributed by atoms with Crippen molar-refractivity contribution in [2.75, 3.05) is 18.5 Å². The summed E-state index contributed by atoms with van der Waals surface area (Å²) in [5.74, 6) is -0.163. The molecule has 0 aliphatic carbocycles.